The minimum Gasteiger partial charge on any atom is -0.462 e. The molecule has 0 atom stereocenters. The lowest BCUT2D eigenvalue weighted by Gasteiger charge is -2.00. The van der Waals surface area contributed by atoms with Crippen molar-refractivity contribution in [3.8, 4) is 10.6 Å². The Labute approximate surface area is 109 Å². The summed E-state index contributed by atoms with van der Waals surface area (Å²) >= 11 is 1.31. The summed E-state index contributed by atoms with van der Waals surface area (Å²) in [6.45, 7) is 3.94. The summed E-state index contributed by atoms with van der Waals surface area (Å²) in [6.07, 6.45) is 0. The fourth-order valence-corrected chi connectivity index (χ4v) is 2.60. The van der Waals surface area contributed by atoms with Crippen LogP contribution >= 0.6 is 11.3 Å². The van der Waals surface area contributed by atoms with E-state index < -0.39 is 0 Å². The van der Waals surface area contributed by atoms with Gasteiger partial charge in [-0.3, -0.25) is 0 Å². The fourth-order valence-electron chi connectivity index (χ4n) is 1.59. The van der Waals surface area contributed by atoms with Crippen LogP contribution in [0.4, 0.5) is 5.69 Å². The van der Waals surface area contributed by atoms with E-state index >= 15 is 0 Å². The van der Waals surface area contributed by atoms with Crippen LogP contribution in [0, 0.1) is 6.92 Å². The number of hydrogen-bond donors (Lipinski definition) is 1. The zero-order chi connectivity index (χ0) is 13.1. The molecular weight excluding hydrogens is 248 g/mol. The Morgan fingerprint density at radius 3 is 2.83 bits per heavy atom. The summed E-state index contributed by atoms with van der Waals surface area (Å²) in [7, 11) is 0. The van der Waals surface area contributed by atoms with Crippen LogP contribution in [0.5, 0.6) is 0 Å². The molecule has 0 bridgehead atoms. The summed E-state index contributed by atoms with van der Waals surface area (Å²) in [5.41, 5.74) is 8.08. The van der Waals surface area contributed by atoms with E-state index in [1.165, 1.54) is 11.3 Å². The Hall–Kier alpha value is -1.88. The van der Waals surface area contributed by atoms with Gasteiger partial charge in [0.15, 0.2) is 0 Å². The summed E-state index contributed by atoms with van der Waals surface area (Å²) in [6, 6.07) is 7.47. The first-order valence-electron chi connectivity index (χ1n) is 5.63. The lowest BCUT2D eigenvalue weighted by molar-refractivity contribution is 0.0531. The van der Waals surface area contributed by atoms with E-state index in [0.717, 1.165) is 10.6 Å². The second-order valence-corrected chi connectivity index (χ2v) is 4.74. The Balaban J connectivity index is 2.41. The van der Waals surface area contributed by atoms with Crippen molar-refractivity contribution in [1.82, 2.24) is 4.98 Å². The van der Waals surface area contributed by atoms with Gasteiger partial charge in [0.1, 0.15) is 9.88 Å². The lowest BCUT2D eigenvalue weighted by atomic mass is 10.2. The van der Waals surface area contributed by atoms with Crippen molar-refractivity contribution < 1.29 is 9.53 Å². The maximum atomic E-state index is 11.7. The second kappa shape index (κ2) is 5.18. The van der Waals surface area contributed by atoms with Crippen LogP contribution in [0.25, 0.3) is 10.6 Å². The third kappa shape index (κ3) is 2.36. The third-order valence-electron chi connectivity index (χ3n) is 2.45. The van der Waals surface area contributed by atoms with Crippen LogP contribution < -0.4 is 5.73 Å². The minimum atomic E-state index is -0.326. The molecular formula is C13H14N2O2S. The van der Waals surface area contributed by atoms with Crippen LogP contribution in [0.1, 0.15) is 22.3 Å². The molecule has 5 heteroatoms. The van der Waals surface area contributed by atoms with Gasteiger partial charge in [-0.2, -0.15) is 0 Å². The molecule has 0 radical (unpaired) electrons. The molecule has 0 saturated carbocycles. The Morgan fingerprint density at radius 2 is 2.17 bits per heavy atom. The highest BCUT2D eigenvalue weighted by atomic mass is 32.1. The predicted molar refractivity (Wildman–Crippen MR) is 72.7 cm³/mol. The number of aromatic nitrogens is 1. The molecule has 1 aromatic carbocycles. The molecule has 0 aliphatic carbocycles. The van der Waals surface area contributed by atoms with E-state index in [2.05, 4.69) is 4.98 Å². The molecule has 94 valence electrons. The van der Waals surface area contributed by atoms with Gasteiger partial charge < -0.3 is 10.5 Å². The Bertz CT molecular complexity index is 578. The van der Waals surface area contributed by atoms with Crippen molar-refractivity contribution in [2.75, 3.05) is 12.3 Å². The zero-order valence-electron chi connectivity index (χ0n) is 10.3. The molecule has 4 nitrogen and oxygen atoms in total. The average Bonchev–Trinajstić information content (AvgIpc) is 2.72. The number of nitrogens with zero attached hydrogens (tertiary/aromatic N) is 1. The largest absolute Gasteiger partial charge is 0.462 e. The molecule has 0 spiro atoms. The molecule has 0 saturated heterocycles. The van der Waals surface area contributed by atoms with Gasteiger partial charge in [-0.1, -0.05) is 12.1 Å². The number of esters is 1. The van der Waals surface area contributed by atoms with Crippen molar-refractivity contribution >= 4 is 23.0 Å². The normalized spacial score (nSPS) is 10.3. The highest BCUT2D eigenvalue weighted by Gasteiger charge is 2.17. The highest BCUT2D eigenvalue weighted by molar-refractivity contribution is 7.17. The first-order valence-corrected chi connectivity index (χ1v) is 6.44. The number of rotatable bonds is 3. The maximum Gasteiger partial charge on any atom is 0.350 e. The number of ether oxygens (including phenoxy) is 1. The molecule has 0 unspecified atom stereocenters. The first kappa shape index (κ1) is 12.6. The van der Waals surface area contributed by atoms with Crippen molar-refractivity contribution in [2.45, 2.75) is 13.8 Å². The smallest absolute Gasteiger partial charge is 0.350 e. The van der Waals surface area contributed by atoms with E-state index in [9.17, 15) is 4.79 Å². The summed E-state index contributed by atoms with van der Waals surface area (Å²) in [4.78, 5) is 16.6. The molecule has 1 heterocycles. The van der Waals surface area contributed by atoms with Crippen molar-refractivity contribution in [3.05, 3.63) is 34.8 Å². The standard InChI is InChI=1S/C13H14N2O2S/c1-3-17-13(16)11-8(2)15-12(18-11)9-6-4-5-7-10(9)14/h4-7H,3,14H2,1-2H3. The number of carbonyl (C=O) groups is 1. The van der Waals surface area contributed by atoms with Gasteiger partial charge in [0.25, 0.3) is 0 Å². The molecule has 18 heavy (non-hydrogen) atoms. The minimum absolute atomic E-state index is 0.326. The van der Waals surface area contributed by atoms with Gasteiger partial charge in [0.2, 0.25) is 0 Å². The molecule has 2 aromatic rings. The highest BCUT2D eigenvalue weighted by Crippen LogP contribution is 2.31. The van der Waals surface area contributed by atoms with Crippen LogP contribution in [0.15, 0.2) is 24.3 Å². The average molecular weight is 262 g/mol. The van der Waals surface area contributed by atoms with Crippen molar-refractivity contribution in [2.24, 2.45) is 0 Å². The Kier molecular flexibility index (Phi) is 3.62. The number of thiazole rings is 1. The van der Waals surface area contributed by atoms with Gasteiger partial charge in [0, 0.05) is 11.3 Å². The molecule has 0 aliphatic heterocycles. The zero-order valence-corrected chi connectivity index (χ0v) is 11.1. The predicted octanol–water partition coefficient (Wildman–Crippen LogP) is 2.88. The number of nitrogens with two attached hydrogens (primary N) is 1. The molecule has 1 aromatic heterocycles. The number of nitrogen functional groups attached to an aromatic ring is 1. The van der Waals surface area contributed by atoms with Gasteiger partial charge in [-0.25, -0.2) is 9.78 Å². The van der Waals surface area contributed by atoms with Gasteiger partial charge in [-0.05, 0) is 26.0 Å². The molecule has 0 amide bonds. The van der Waals surface area contributed by atoms with Crippen LogP contribution in [-0.4, -0.2) is 17.6 Å². The number of aryl methyl sites for hydroxylation is 1. The van der Waals surface area contributed by atoms with Gasteiger partial charge >= 0.3 is 5.97 Å². The van der Waals surface area contributed by atoms with E-state index in [4.69, 9.17) is 10.5 Å². The van der Waals surface area contributed by atoms with E-state index in [0.29, 0.717) is 22.9 Å². The van der Waals surface area contributed by atoms with E-state index in [1.54, 1.807) is 13.8 Å². The Morgan fingerprint density at radius 1 is 1.44 bits per heavy atom. The first-order chi connectivity index (χ1) is 8.63. The fraction of sp³-hybridized carbons (Fsp3) is 0.231. The van der Waals surface area contributed by atoms with Crippen molar-refractivity contribution in [3.63, 3.8) is 0 Å². The van der Waals surface area contributed by atoms with Gasteiger partial charge in [0.05, 0.1) is 12.3 Å². The number of hydrogen-bond acceptors (Lipinski definition) is 5. The van der Waals surface area contributed by atoms with Crippen LogP contribution in [0.2, 0.25) is 0 Å². The quantitative estimate of drug-likeness (QED) is 0.682. The summed E-state index contributed by atoms with van der Waals surface area (Å²) < 4.78 is 4.99. The monoisotopic (exact) mass is 262 g/mol. The SMILES string of the molecule is CCOC(=O)c1sc(-c2ccccc2N)nc1C. The number of anilines is 1. The summed E-state index contributed by atoms with van der Waals surface area (Å²) in [5, 5.41) is 0.744. The second-order valence-electron chi connectivity index (χ2n) is 3.74. The number of benzene rings is 1. The van der Waals surface area contributed by atoms with Crippen molar-refractivity contribution in [1.29, 1.82) is 0 Å². The molecule has 0 fully saturated rings. The third-order valence-corrected chi connectivity index (χ3v) is 3.62. The van der Waals surface area contributed by atoms with Gasteiger partial charge in [-0.15, -0.1) is 11.3 Å². The topological polar surface area (TPSA) is 65.2 Å². The molecule has 0 aliphatic rings. The maximum absolute atomic E-state index is 11.7. The van der Waals surface area contributed by atoms with E-state index in [-0.39, 0.29) is 5.97 Å². The van der Waals surface area contributed by atoms with Crippen LogP contribution in [-0.2, 0) is 4.74 Å². The van der Waals surface area contributed by atoms with Crippen LogP contribution in [0.3, 0.4) is 0 Å². The lowest BCUT2D eigenvalue weighted by Crippen LogP contribution is -2.03. The van der Waals surface area contributed by atoms with E-state index in [1.807, 2.05) is 24.3 Å². The number of carbonyl (C=O) groups excluding carboxylic acids is 1. The number of para-hydroxylation sites is 1. The molecule has 2 N–H and O–H groups in total. The summed E-state index contributed by atoms with van der Waals surface area (Å²) in [5.74, 6) is -0.326. The molecule has 2 rings (SSSR count).